The molecule has 1 N–H and O–H groups in total. The van der Waals surface area contributed by atoms with E-state index in [1.807, 2.05) is 20.8 Å². The van der Waals surface area contributed by atoms with E-state index in [-0.39, 0.29) is 12.1 Å². The fourth-order valence-electron chi connectivity index (χ4n) is 2.84. The SMILES string of the molecule is CCNc1cc(S(=O)(=O)N2C(C)CCC2CC)ccn1. The summed E-state index contributed by atoms with van der Waals surface area (Å²) in [6.07, 6.45) is 4.28. The van der Waals surface area contributed by atoms with Gasteiger partial charge in [0.05, 0.1) is 4.90 Å². The Hall–Kier alpha value is -1.14. The standard InChI is InChI=1S/C14H23N3O2S/c1-4-12-7-6-11(3)17(12)20(18,19)13-8-9-16-14(10-13)15-5-2/h8-12H,4-7H2,1-3H3,(H,15,16). The average molecular weight is 297 g/mol. The van der Waals surface area contributed by atoms with E-state index in [4.69, 9.17) is 0 Å². The van der Waals surface area contributed by atoms with Crippen LogP contribution in [0.2, 0.25) is 0 Å². The van der Waals surface area contributed by atoms with Crippen LogP contribution in [-0.2, 0) is 10.0 Å². The summed E-state index contributed by atoms with van der Waals surface area (Å²) in [6.45, 7) is 6.70. The molecule has 1 saturated heterocycles. The van der Waals surface area contributed by atoms with Gasteiger partial charge in [-0.2, -0.15) is 4.31 Å². The Labute approximate surface area is 121 Å². The third-order valence-corrected chi connectivity index (χ3v) is 5.91. The molecule has 2 rings (SSSR count). The summed E-state index contributed by atoms with van der Waals surface area (Å²) in [7, 11) is -3.44. The molecule has 0 spiro atoms. The Morgan fingerprint density at radius 1 is 1.40 bits per heavy atom. The van der Waals surface area contributed by atoms with Crippen molar-refractivity contribution in [2.75, 3.05) is 11.9 Å². The molecule has 5 nitrogen and oxygen atoms in total. The van der Waals surface area contributed by atoms with Crippen molar-refractivity contribution in [3.63, 3.8) is 0 Å². The number of rotatable bonds is 5. The van der Waals surface area contributed by atoms with E-state index in [0.717, 1.165) is 19.3 Å². The lowest BCUT2D eigenvalue weighted by atomic mass is 10.2. The molecule has 112 valence electrons. The number of hydrogen-bond acceptors (Lipinski definition) is 4. The van der Waals surface area contributed by atoms with Crippen molar-refractivity contribution in [3.05, 3.63) is 18.3 Å². The van der Waals surface area contributed by atoms with Gasteiger partial charge in [-0.05, 0) is 39.2 Å². The summed E-state index contributed by atoms with van der Waals surface area (Å²) in [6, 6.07) is 3.39. The summed E-state index contributed by atoms with van der Waals surface area (Å²) < 4.78 is 27.4. The van der Waals surface area contributed by atoms with Crippen molar-refractivity contribution in [2.45, 2.75) is 57.0 Å². The summed E-state index contributed by atoms with van der Waals surface area (Å²) >= 11 is 0. The quantitative estimate of drug-likeness (QED) is 0.907. The molecular formula is C14H23N3O2S. The average Bonchev–Trinajstić information content (AvgIpc) is 2.81. The van der Waals surface area contributed by atoms with Crippen LogP contribution in [-0.4, -0.2) is 36.3 Å². The Balaban J connectivity index is 2.36. The molecule has 0 aromatic carbocycles. The Kier molecular flexibility index (Phi) is 4.65. The molecule has 20 heavy (non-hydrogen) atoms. The molecule has 2 atom stereocenters. The van der Waals surface area contributed by atoms with Crippen LogP contribution in [0.1, 0.15) is 40.0 Å². The van der Waals surface area contributed by atoms with Crippen molar-refractivity contribution in [1.82, 2.24) is 9.29 Å². The second-order valence-electron chi connectivity index (χ2n) is 5.23. The van der Waals surface area contributed by atoms with Crippen LogP contribution in [0.4, 0.5) is 5.82 Å². The van der Waals surface area contributed by atoms with Crippen molar-refractivity contribution in [1.29, 1.82) is 0 Å². The molecule has 1 aliphatic heterocycles. The van der Waals surface area contributed by atoms with E-state index in [1.165, 1.54) is 0 Å². The van der Waals surface area contributed by atoms with E-state index < -0.39 is 10.0 Å². The molecule has 6 heteroatoms. The van der Waals surface area contributed by atoms with Crippen molar-refractivity contribution in [2.24, 2.45) is 0 Å². The molecule has 0 radical (unpaired) electrons. The highest BCUT2D eigenvalue weighted by molar-refractivity contribution is 7.89. The highest BCUT2D eigenvalue weighted by Gasteiger charge is 2.39. The van der Waals surface area contributed by atoms with Gasteiger partial charge in [0.2, 0.25) is 10.0 Å². The summed E-state index contributed by atoms with van der Waals surface area (Å²) in [4.78, 5) is 4.46. The van der Waals surface area contributed by atoms with Crippen molar-refractivity contribution in [3.8, 4) is 0 Å². The lowest BCUT2D eigenvalue weighted by molar-refractivity contribution is 0.328. The zero-order valence-electron chi connectivity index (χ0n) is 12.3. The first-order valence-electron chi connectivity index (χ1n) is 7.24. The molecule has 2 heterocycles. The fraction of sp³-hybridized carbons (Fsp3) is 0.643. The van der Waals surface area contributed by atoms with Gasteiger partial charge in [-0.15, -0.1) is 0 Å². The fourth-order valence-corrected chi connectivity index (χ4v) is 4.80. The van der Waals surface area contributed by atoms with Gasteiger partial charge in [0.25, 0.3) is 0 Å². The van der Waals surface area contributed by atoms with Gasteiger partial charge in [0.15, 0.2) is 0 Å². The van der Waals surface area contributed by atoms with E-state index in [1.54, 1.807) is 22.6 Å². The third-order valence-electron chi connectivity index (χ3n) is 3.85. The number of pyridine rings is 1. The highest BCUT2D eigenvalue weighted by atomic mass is 32.2. The molecule has 0 bridgehead atoms. The Morgan fingerprint density at radius 2 is 2.15 bits per heavy atom. The molecule has 0 saturated carbocycles. The zero-order valence-corrected chi connectivity index (χ0v) is 13.2. The van der Waals surface area contributed by atoms with Gasteiger partial charge >= 0.3 is 0 Å². The van der Waals surface area contributed by atoms with E-state index in [2.05, 4.69) is 10.3 Å². The molecule has 0 amide bonds. The maximum atomic E-state index is 12.8. The molecule has 1 aromatic rings. The molecule has 0 aliphatic carbocycles. The Morgan fingerprint density at radius 3 is 2.80 bits per heavy atom. The first-order chi connectivity index (χ1) is 9.50. The minimum atomic E-state index is -3.44. The van der Waals surface area contributed by atoms with Crippen LogP contribution in [0.3, 0.4) is 0 Å². The van der Waals surface area contributed by atoms with Crippen LogP contribution < -0.4 is 5.32 Å². The van der Waals surface area contributed by atoms with E-state index >= 15 is 0 Å². The minimum absolute atomic E-state index is 0.0701. The van der Waals surface area contributed by atoms with Crippen LogP contribution in [0.15, 0.2) is 23.2 Å². The number of anilines is 1. The minimum Gasteiger partial charge on any atom is -0.370 e. The number of sulfonamides is 1. The summed E-state index contributed by atoms with van der Waals surface area (Å²) in [5, 5.41) is 3.05. The molecule has 1 aromatic heterocycles. The van der Waals surface area contributed by atoms with Crippen LogP contribution in [0.5, 0.6) is 0 Å². The zero-order chi connectivity index (χ0) is 14.8. The lowest BCUT2D eigenvalue weighted by Crippen LogP contribution is -2.39. The van der Waals surface area contributed by atoms with Gasteiger partial charge in [-0.3, -0.25) is 0 Å². The molecule has 2 unspecified atom stereocenters. The van der Waals surface area contributed by atoms with Gasteiger partial charge in [-0.25, -0.2) is 13.4 Å². The van der Waals surface area contributed by atoms with Crippen molar-refractivity contribution < 1.29 is 8.42 Å². The van der Waals surface area contributed by atoms with Crippen molar-refractivity contribution >= 4 is 15.8 Å². The smallest absolute Gasteiger partial charge is 0.243 e. The molecule has 1 fully saturated rings. The van der Waals surface area contributed by atoms with Crippen LogP contribution >= 0.6 is 0 Å². The van der Waals surface area contributed by atoms with Gasteiger partial charge in [-0.1, -0.05) is 6.92 Å². The molecule has 1 aliphatic rings. The van der Waals surface area contributed by atoms with Gasteiger partial charge in [0, 0.05) is 30.9 Å². The largest absolute Gasteiger partial charge is 0.370 e. The maximum absolute atomic E-state index is 12.8. The van der Waals surface area contributed by atoms with E-state index in [0.29, 0.717) is 17.3 Å². The maximum Gasteiger partial charge on any atom is 0.243 e. The normalized spacial score (nSPS) is 23.9. The second-order valence-corrected chi connectivity index (χ2v) is 7.07. The first kappa shape index (κ1) is 15.3. The number of hydrogen-bond donors (Lipinski definition) is 1. The highest BCUT2D eigenvalue weighted by Crippen LogP contribution is 2.32. The summed E-state index contributed by atoms with van der Waals surface area (Å²) in [5.41, 5.74) is 0. The van der Waals surface area contributed by atoms with E-state index in [9.17, 15) is 8.42 Å². The number of nitrogens with zero attached hydrogens (tertiary/aromatic N) is 2. The monoisotopic (exact) mass is 297 g/mol. The van der Waals surface area contributed by atoms with Crippen LogP contribution in [0, 0.1) is 0 Å². The van der Waals surface area contributed by atoms with Crippen LogP contribution in [0.25, 0.3) is 0 Å². The number of nitrogens with one attached hydrogen (secondary N) is 1. The molecular weight excluding hydrogens is 274 g/mol. The summed E-state index contributed by atoms with van der Waals surface area (Å²) in [5.74, 6) is 0.605. The lowest BCUT2D eigenvalue weighted by Gasteiger charge is -2.27. The third kappa shape index (κ3) is 2.81. The topological polar surface area (TPSA) is 62.3 Å². The first-order valence-corrected chi connectivity index (χ1v) is 8.68. The number of aromatic nitrogens is 1. The van der Waals surface area contributed by atoms with Gasteiger partial charge in [0.1, 0.15) is 5.82 Å². The Bertz CT molecular complexity index is 559. The second kappa shape index (κ2) is 6.10. The van der Waals surface area contributed by atoms with Gasteiger partial charge < -0.3 is 5.32 Å². The predicted molar refractivity (Wildman–Crippen MR) is 80.2 cm³/mol. The predicted octanol–water partition coefficient (Wildman–Crippen LogP) is 2.47.